The van der Waals surface area contributed by atoms with E-state index in [1.54, 1.807) is 31.3 Å². The molecule has 0 saturated carbocycles. The Hall–Kier alpha value is -1.97. The van der Waals surface area contributed by atoms with Gasteiger partial charge in [0.25, 0.3) is 0 Å². The summed E-state index contributed by atoms with van der Waals surface area (Å²) in [4.78, 5) is 10.8. The number of aromatic carboxylic acids is 1. The lowest BCUT2D eigenvalue weighted by Gasteiger charge is -1.97. The second-order valence-electron chi connectivity index (χ2n) is 3.08. The zero-order valence-corrected chi connectivity index (χ0v) is 7.56. The molecule has 0 spiro atoms. The number of benzene rings is 1. The van der Waals surface area contributed by atoms with E-state index >= 15 is 0 Å². The van der Waals surface area contributed by atoms with Crippen LogP contribution in [0.4, 0.5) is 0 Å². The Balaban J connectivity index is 2.92. The predicted molar refractivity (Wildman–Crippen MR) is 51.5 cm³/mol. The summed E-state index contributed by atoms with van der Waals surface area (Å²) in [6, 6.07) is 7.01. The molecule has 0 unspecified atom stereocenters. The maximum absolute atomic E-state index is 10.8. The number of carbonyl (C=O) groups is 1. The number of carboxylic acid groups (broad SMARTS) is 1. The van der Waals surface area contributed by atoms with E-state index in [4.69, 9.17) is 5.11 Å². The first-order chi connectivity index (χ1) is 6.63. The normalized spacial score (nSPS) is 10.6. The van der Waals surface area contributed by atoms with Gasteiger partial charge in [-0.05, 0) is 12.1 Å². The highest BCUT2D eigenvalue weighted by Gasteiger charge is 2.18. The highest BCUT2D eigenvalue weighted by molar-refractivity contribution is 6.00. The van der Waals surface area contributed by atoms with Gasteiger partial charge in [0.2, 0.25) is 0 Å². The molecule has 1 aromatic carbocycles. The van der Waals surface area contributed by atoms with E-state index in [2.05, 4.69) is 0 Å². The molecular weight excluding hydrogens is 182 g/mol. The topological polar surface area (TPSA) is 62.5 Å². The first-order valence-corrected chi connectivity index (χ1v) is 4.12. The van der Waals surface area contributed by atoms with Crippen molar-refractivity contribution in [2.75, 3.05) is 0 Å². The average molecular weight is 191 g/mol. The fourth-order valence-electron chi connectivity index (χ4n) is 1.62. The lowest BCUT2D eigenvalue weighted by atomic mass is 10.2. The minimum atomic E-state index is -1.12. The molecule has 1 aromatic heterocycles. The lowest BCUT2D eigenvalue weighted by Crippen LogP contribution is -2.03. The van der Waals surface area contributed by atoms with Gasteiger partial charge in [-0.1, -0.05) is 12.1 Å². The van der Waals surface area contributed by atoms with E-state index in [-0.39, 0.29) is 11.4 Å². The standard InChI is InChI=1S/C10H9NO3/c1-11-7-5-3-2-4-6(7)9(12)8(11)10(13)14/h2-5,12H,1H3,(H,13,14). The first kappa shape index (κ1) is 8.62. The smallest absolute Gasteiger partial charge is 0.356 e. The molecule has 0 bridgehead atoms. The van der Waals surface area contributed by atoms with E-state index in [0.29, 0.717) is 10.9 Å². The minimum absolute atomic E-state index is 0.0776. The van der Waals surface area contributed by atoms with Gasteiger partial charge in [-0.3, -0.25) is 0 Å². The van der Waals surface area contributed by atoms with E-state index in [1.807, 2.05) is 0 Å². The Bertz CT molecular complexity index is 474. The summed E-state index contributed by atoms with van der Waals surface area (Å²) < 4.78 is 1.47. The number of fused-ring (bicyclic) bond motifs is 1. The van der Waals surface area contributed by atoms with E-state index in [0.717, 1.165) is 0 Å². The number of rotatable bonds is 1. The molecule has 4 nitrogen and oxygen atoms in total. The Morgan fingerprint density at radius 3 is 2.57 bits per heavy atom. The third kappa shape index (κ3) is 0.970. The SMILES string of the molecule is Cn1c(C(=O)O)c(O)c2ccccc21. The Morgan fingerprint density at radius 2 is 2.00 bits per heavy atom. The van der Waals surface area contributed by atoms with Crippen molar-refractivity contribution >= 4 is 16.9 Å². The second-order valence-corrected chi connectivity index (χ2v) is 3.08. The van der Waals surface area contributed by atoms with Crippen molar-refractivity contribution in [2.24, 2.45) is 7.05 Å². The number of para-hydroxylation sites is 1. The third-order valence-corrected chi connectivity index (χ3v) is 2.28. The molecule has 0 aliphatic carbocycles. The van der Waals surface area contributed by atoms with Crippen molar-refractivity contribution in [3.63, 3.8) is 0 Å². The van der Waals surface area contributed by atoms with Crippen molar-refractivity contribution < 1.29 is 15.0 Å². The van der Waals surface area contributed by atoms with Crippen molar-refractivity contribution in [1.29, 1.82) is 0 Å². The average Bonchev–Trinajstić information content (AvgIpc) is 2.41. The van der Waals surface area contributed by atoms with E-state index in [1.165, 1.54) is 4.57 Å². The fraction of sp³-hybridized carbons (Fsp3) is 0.100. The number of hydrogen-bond acceptors (Lipinski definition) is 2. The van der Waals surface area contributed by atoms with Gasteiger partial charge in [0.1, 0.15) is 0 Å². The molecule has 0 radical (unpaired) electrons. The van der Waals surface area contributed by atoms with Gasteiger partial charge in [0.15, 0.2) is 11.4 Å². The molecule has 0 saturated heterocycles. The lowest BCUT2D eigenvalue weighted by molar-refractivity contribution is 0.0684. The Kier molecular flexibility index (Phi) is 1.70. The van der Waals surface area contributed by atoms with Crippen LogP contribution in [0.1, 0.15) is 10.5 Å². The van der Waals surface area contributed by atoms with E-state index in [9.17, 15) is 9.90 Å². The van der Waals surface area contributed by atoms with Crippen LogP contribution in [0.25, 0.3) is 10.9 Å². The Labute approximate surface area is 80.0 Å². The summed E-state index contributed by atoms with van der Waals surface area (Å²) in [5.41, 5.74) is 0.633. The van der Waals surface area contributed by atoms with Gasteiger partial charge >= 0.3 is 5.97 Å². The van der Waals surface area contributed by atoms with E-state index < -0.39 is 5.97 Å². The van der Waals surface area contributed by atoms with Gasteiger partial charge in [-0.15, -0.1) is 0 Å². The van der Waals surface area contributed by atoms with Gasteiger partial charge in [-0.25, -0.2) is 4.79 Å². The first-order valence-electron chi connectivity index (χ1n) is 4.12. The van der Waals surface area contributed by atoms with Gasteiger partial charge in [0, 0.05) is 12.4 Å². The maximum atomic E-state index is 10.8. The number of aromatic nitrogens is 1. The van der Waals surface area contributed by atoms with Crippen LogP contribution in [0, 0.1) is 0 Å². The summed E-state index contributed by atoms with van der Waals surface area (Å²) >= 11 is 0. The molecular formula is C10H9NO3. The zero-order chi connectivity index (χ0) is 10.3. The van der Waals surface area contributed by atoms with Crippen molar-refractivity contribution in [2.45, 2.75) is 0 Å². The van der Waals surface area contributed by atoms with Crippen LogP contribution in [0.3, 0.4) is 0 Å². The molecule has 0 amide bonds. The molecule has 0 aliphatic rings. The highest BCUT2D eigenvalue weighted by Crippen LogP contribution is 2.30. The van der Waals surface area contributed by atoms with Crippen molar-refractivity contribution in [1.82, 2.24) is 4.57 Å². The van der Waals surface area contributed by atoms with Gasteiger partial charge in [-0.2, -0.15) is 0 Å². The molecule has 0 aliphatic heterocycles. The summed E-state index contributed by atoms with van der Waals surface area (Å²) in [5, 5.41) is 19.1. The summed E-state index contributed by atoms with van der Waals surface area (Å²) in [5.74, 6) is -1.29. The number of carboxylic acids is 1. The largest absolute Gasteiger partial charge is 0.505 e. The van der Waals surface area contributed by atoms with Crippen LogP contribution in [-0.4, -0.2) is 20.7 Å². The fourth-order valence-corrected chi connectivity index (χ4v) is 1.62. The van der Waals surface area contributed by atoms with Crippen LogP contribution in [0.15, 0.2) is 24.3 Å². The van der Waals surface area contributed by atoms with Crippen LogP contribution >= 0.6 is 0 Å². The zero-order valence-electron chi connectivity index (χ0n) is 7.56. The molecule has 14 heavy (non-hydrogen) atoms. The number of aromatic hydroxyl groups is 1. The molecule has 2 N–H and O–H groups in total. The van der Waals surface area contributed by atoms with Crippen LogP contribution < -0.4 is 0 Å². The van der Waals surface area contributed by atoms with Gasteiger partial charge < -0.3 is 14.8 Å². The van der Waals surface area contributed by atoms with Crippen molar-refractivity contribution in [3.05, 3.63) is 30.0 Å². The molecule has 1 heterocycles. The summed E-state index contributed by atoms with van der Waals surface area (Å²) in [7, 11) is 1.62. The van der Waals surface area contributed by atoms with Gasteiger partial charge in [0.05, 0.1) is 5.52 Å². The van der Waals surface area contributed by atoms with Crippen molar-refractivity contribution in [3.8, 4) is 5.75 Å². The maximum Gasteiger partial charge on any atom is 0.356 e. The molecule has 0 fully saturated rings. The minimum Gasteiger partial charge on any atom is -0.505 e. The second kappa shape index (κ2) is 2.77. The van der Waals surface area contributed by atoms with Crippen LogP contribution in [0.5, 0.6) is 5.75 Å². The molecule has 4 heteroatoms. The number of hydrogen-bond donors (Lipinski definition) is 2. The quantitative estimate of drug-likeness (QED) is 0.719. The molecule has 2 aromatic rings. The summed E-state index contributed by atoms with van der Waals surface area (Å²) in [6.07, 6.45) is 0. The number of nitrogens with zero attached hydrogens (tertiary/aromatic N) is 1. The Morgan fingerprint density at radius 1 is 1.36 bits per heavy atom. The molecule has 0 atom stereocenters. The van der Waals surface area contributed by atoms with Crippen LogP contribution in [-0.2, 0) is 7.05 Å². The third-order valence-electron chi connectivity index (χ3n) is 2.28. The highest BCUT2D eigenvalue weighted by atomic mass is 16.4. The molecule has 72 valence electrons. The molecule has 2 rings (SSSR count). The van der Waals surface area contributed by atoms with Crippen LogP contribution in [0.2, 0.25) is 0 Å². The number of aryl methyl sites for hydroxylation is 1. The monoisotopic (exact) mass is 191 g/mol. The predicted octanol–water partition coefficient (Wildman–Crippen LogP) is 1.58. The summed E-state index contributed by atoms with van der Waals surface area (Å²) in [6.45, 7) is 0.